The van der Waals surface area contributed by atoms with E-state index in [9.17, 15) is 19.2 Å². The first-order chi connectivity index (χ1) is 16.8. The number of aromatic nitrogens is 1. The number of carbonyl (C=O) groups is 3. The van der Waals surface area contributed by atoms with Crippen LogP contribution in [0.5, 0.6) is 0 Å². The Balaban J connectivity index is 1.88. The van der Waals surface area contributed by atoms with Crippen LogP contribution in [-0.4, -0.2) is 29.5 Å². The summed E-state index contributed by atoms with van der Waals surface area (Å²) in [5.74, 6) is -1.68. The fourth-order valence-corrected chi connectivity index (χ4v) is 5.86. The van der Waals surface area contributed by atoms with Crippen LogP contribution in [0.15, 0.2) is 69.6 Å². The molecule has 8 nitrogen and oxygen atoms in total. The third-order valence-corrected chi connectivity index (χ3v) is 7.37. The van der Waals surface area contributed by atoms with Crippen LogP contribution in [0.4, 0.5) is 5.69 Å². The van der Waals surface area contributed by atoms with E-state index < -0.39 is 29.4 Å². The molecule has 0 unspecified atom stereocenters. The molecule has 1 aromatic heterocycles. The second kappa shape index (κ2) is 8.44. The first-order valence-corrected chi connectivity index (χ1v) is 11.8. The lowest BCUT2D eigenvalue weighted by Crippen LogP contribution is -2.41. The number of benzene rings is 2. The van der Waals surface area contributed by atoms with Crippen molar-refractivity contribution in [2.45, 2.75) is 19.9 Å². The van der Waals surface area contributed by atoms with Gasteiger partial charge in [0, 0.05) is 17.5 Å². The van der Waals surface area contributed by atoms with Gasteiger partial charge in [-0.3, -0.25) is 19.0 Å². The van der Waals surface area contributed by atoms with E-state index in [-0.39, 0.29) is 15.7 Å². The van der Waals surface area contributed by atoms with Gasteiger partial charge in [-0.25, -0.2) is 14.7 Å². The van der Waals surface area contributed by atoms with E-state index in [1.807, 2.05) is 0 Å². The number of anilines is 1. The Morgan fingerprint density at radius 2 is 1.77 bits per heavy atom. The zero-order valence-electron chi connectivity index (χ0n) is 18.9. The van der Waals surface area contributed by atoms with Crippen molar-refractivity contribution >= 4 is 52.0 Å². The average Bonchev–Trinajstić information content (AvgIpc) is 3.30. The number of amides is 2. The summed E-state index contributed by atoms with van der Waals surface area (Å²) in [5.41, 5.74) is 1.58. The smallest absolute Gasteiger partial charge is 0.338 e. The summed E-state index contributed by atoms with van der Waals surface area (Å²) in [5, 5.41) is 0.358. The minimum absolute atomic E-state index is 0.123. The summed E-state index contributed by atoms with van der Waals surface area (Å²) in [6, 6.07) is 12.8. The van der Waals surface area contributed by atoms with E-state index in [0.717, 1.165) is 16.2 Å². The highest BCUT2D eigenvalue weighted by Crippen LogP contribution is 2.36. The number of hydrogen-bond donors (Lipinski definition) is 0. The van der Waals surface area contributed by atoms with Crippen molar-refractivity contribution in [1.29, 1.82) is 0 Å². The molecule has 35 heavy (non-hydrogen) atoms. The summed E-state index contributed by atoms with van der Waals surface area (Å²) >= 11 is 7.52. The van der Waals surface area contributed by atoms with Gasteiger partial charge in [0.1, 0.15) is 10.6 Å². The normalized spacial score (nSPS) is 18.2. The molecule has 2 amide bonds. The lowest BCUT2D eigenvalue weighted by atomic mass is 9.96. The highest BCUT2D eigenvalue weighted by molar-refractivity contribution is 7.07. The first-order valence-electron chi connectivity index (χ1n) is 10.6. The lowest BCUT2D eigenvalue weighted by Gasteiger charge is -2.25. The number of imide groups is 1. The number of methoxy groups -OCH3 is 1. The Morgan fingerprint density at radius 3 is 2.46 bits per heavy atom. The second-order valence-corrected chi connectivity index (χ2v) is 9.35. The number of esters is 1. The molecule has 5 rings (SSSR count). The van der Waals surface area contributed by atoms with Gasteiger partial charge in [-0.05, 0) is 24.6 Å². The number of rotatable bonds is 2. The largest absolute Gasteiger partial charge is 0.466 e. The predicted octanol–water partition coefficient (Wildman–Crippen LogP) is 2.32. The van der Waals surface area contributed by atoms with Crippen molar-refractivity contribution < 1.29 is 19.1 Å². The molecule has 0 radical (unpaired) electrons. The summed E-state index contributed by atoms with van der Waals surface area (Å²) in [7, 11) is 1.25. The Morgan fingerprint density at radius 1 is 1.09 bits per heavy atom. The molecule has 0 spiro atoms. The number of hydrogen-bond acceptors (Lipinski definition) is 7. The van der Waals surface area contributed by atoms with E-state index >= 15 is 0 Å². The first kappa shape index (κ1) is 22.9. The molecule has 0 fully saturated rings. The van der Waals surface area contributed by atoms with Gasteiger partial charge >= 0.3 is 5.97 Å². The van der Waals surface area contributed by atoms with E-state index in [4.69, 9.17) is 16.3 Å². The zero-order chi connectivity index (χ0) is 25.0. The van der Waals surface area contributed by atoms with Crippen LogP contribution in [0.2, 0.25) is 5.02 Å². The van der Waals surface area contributed by atoms with Crippen molar-refractivity contribution in [3.05, 3.63) is 95.6 Å². The number of para-hydroxylation sites is 1. The number of nitrogens with zero attached hydrogens (tertiary/aromatic N) is 3. The van der Waals surface area contributed by atoms with Crippen molar-refractivity contribution in [2.24, 2.45) is 4.99 Å². The molecule has 176 valence electrons. The summed E-state index contributed by atoms with van der Waals surface area (Å²) < 4.78 is 6.49. The molecule has 0 N–H and O–H groups in total. The second-order valence-electron chi connectivity index (χ2n) is 7.97. The van der Waals surface area contributed by atoms with Crippen molar-refractivity contribution in [3.8, 4) is 0 Å². The molecule has 3 heterocycles. The molecule has 0 bridgehead atoms. The Hall–Kier alpha value is -3.82. The Labute approximate surface area is 208 Å². The van der Waals surface area contributed by atoms with Crippen LogP contribution in [-0.2, 0) is 19.1 Å². The van der Waals surface area contributed by atoms with Crippen molar-refractivity contribution in [2.75, 3.05) is 12.0 Å². The molecular weight excluding hydrogens is 490 g/mol. The van der Waals surface area contributed by atoms with Crippen LogP contribution in [0, 0.1) is 0 Å². The standard InChI is InChI=1S/C25H18ClN3O5S/c1-12-18(24(33)34-3)20(14-8-4-6-10-16(14)26)29-23(32)21(35-25(29)27-12)19-15-9-5-7-11-17(15)28(13(2)30)22(19)31/h4-11,20H,1-3H3/b21-19-/t20-/m0/s1. The average molecular weight is 508 g/mol. The van der Waals surface area contributed by atoms with Gasteiger partial charge in [0.05, 0.1) is 29.6 Å². The maximum absolute atomic E-state index is 13.9. The molecule has 10 heteroatoms. The molecular formula is C25H18ClN3O5S. The number of allylic oxidation sites excluding steroid dienone is 1. The van der Waals surface area contributed by atoms with Gasteiger partial charge in [0.2, 0.25) is 5.91 Å². The molecule has 0 saturated heterocycles. The maximum Gasteiger partial charge on any atom is 0.338 e. The topological polar surface area (TPSA) is 98.0 Å². The highest BCUT2D eigenvalue weighted by atomic mass is 35.5. The van der Waals surface area contributed by atoms with Crippen LogP contribution in [0.3, 0.4) is 0 Å². The van der Waals surface area contributed by atoms with E-state index in [0.29, 0.717) is 32.3 Å². The fraction of sp³-hybridized carbons (Fsp3) is 0.160. The number of fused-ring (bicyclic) bond motifs is 2. The monoisotopic (exact) mass is 507 g/mol. The van der Waals surface area contributed by atoms with Crippen LogP contribution in [0.25, 0.3) is 5.57 Å². The number of thiazole rings is 1. The molecule has 0 aliphatic carbocycles. The van der Waals surface area contributed by atoms with Gasteiger partial charge in [-0.1, -0.05) is 59.3 Å². The van der Waals surface area contributed by atoms with Crippen LogP contribution >= 0.6 is 22.9 Å². The van der Waals surface area contributed by atoms with E-state index in [1.165, 1.54) is 18.6 Å². The third-order valence-electron chi connectivity index (χ3n) is 5.98. The van der Waals surface area contributed by atoms with E-state index in [2.05, 4.69) is 4.99 Å². The summed E-state index contributed by atoms with van der Waals surface area (Å²) in [4.78, 5) is 58.2. The number of carbonyl (C=O) groups excluding carboxylic acids is 3. The predicted molar refractivity (Wildman–Crippen MR) is 131 cm³/mol. The SMILES string of the molecule is COC(=O)C1=C(C)N=c2s/c(=C3\C(=O)N(C(C)=O)c4ccccc43)c(=O)n2[C@H]1c1ccccc1Cl. The minimum atomic E-state index is -0.905. The quantitative estimate of drug-likeness (QED) is 0.496. The molecule has 0 saturated carbocycles. The Kier molecular flexibility index (Phi) is 5.53. The van der Waals surface area contributed by atoms with Crippen molar-refractivity contribution in [3.63, 3.8) is 0 Å². The fourth-order valence-electron chi connectivity index (χ4n) is 4.48. The van der Waals surface area contributed by atoms with Crippen molar-refractivity contribution in [1.82, 2.24) is 4.57 Å². The van der Waals surface area contributed by atoms with Gasteiger partial charge < -0.3 is 4.74 Å². The maximum atomic E-state index is 13.9. The molecule has 2 aliphatic rings. The zero-order valence-corrected chi connectivity index (χ0v) is 20.4. The lowest BCUT2D eigenvalue weighted by molar-refractivity contribution is -0.136. The van der Waals surface area contributed by atoms with E-state index in [1.54, 1.807) is 55.5 Å². The summed E-state index contributed by atoms with van der Waals surface area (Å²) in [6.45, 7) is 2.95. The summed E-state index contributed by atoms with van der Waals surface area (Å²) in [6.07, 6.45) is 0. The minimum Gasteiger partial charge on any atom is -0.466 e. The number of halogens is 1. The number of ether oxygens (including phenoxy) is 1. The van der Waals surface area contributed by atoms with Gasteiger partial charge in [0.25, 0.3) is 11.5 Å². The third kappa shape index (κ3) is 3.38. The molecule has 2 aliphatic heterocycles. The molecule has 2 aromatic carbocycles. The molecule has 3 aromatic rings. The van der Waals surface area contributed by atoms with Crippen LogP contribution in [0.1, 0.15) is 31.0 Å². The van der Waals surface area contributed by atoms with Crippen LogP contribution < -0.4 is 19.8 Å². The highest BCUT2D eigenvalue weighted by Gasteiger charge is 2.38. The Bertz CT molecular complexity index is 1670. The molecule has 1 atom stereocenters. The van der Waals surface area contributed by atoms with Gasteiger partial charge in [-0.15, -0.1) is 0 Å². The van der Waals surface area contributed by atoms with Gasteiger partial charge in [-0.2, -0.15) is 0 Å². The van der Waals surface area contributed by atoms with Gasteiger partial charge in [0.15, 0.2) is 4.80 Å².